The van der Waals surface area contributed by atoms with Crippen molar-refractivity contribution >= 4 is 17.6 Å². The highest BCUT2D eigenvalue weighted by Crippen LogP contribution is 2.24. The molecule has 1 aromatic rings. The number of carbonyl (C=O) groups is 2. The van der Waals surface area contributed by atoms with Crippen molar-refractivity contribution in [2.75, 3.05) is 31.1 Å². The zero-order chi connectivity index (χ0) is 14.9. The molecule has 1 aliphatic rings. The van der Waals surface area contributed by atoms with Crippen molar-refractivity contribution in [1.29, 1.82) is 0 Å². The highest BCUT2D eigenvalue weighted by atomic mass is 19.1. The zero-order valence-corrected chi connectivity index (χ0v) is 10.9. The lowest BCUT2D eigenvalue weighted by atomic mass is 10.1. The summed E-state index contributed by atoms with van der Waals surface area (Å²) in [4.78, 5) is 24.7. The molecular weight excluding hydrogens is 270 g/mol. The highest BCUT2D eigenvalue weighted by molar-refractivity contribution is 5.94. The van der Waals surface area contributed by atoms with Crippen LogP contribution in [0.3, 0.4) is 0 Å². The number of ketones is 1. The van der Waals surface area contributed by atoms with Crippen LogP contribution in [0.1, 0.15) is 17.3 Å². The number of rotatable bonds is 2. The first kappa shape index (κ1) is 14.2. The third-order valence-electron chi connectivity index (χ3n) is 3.31. The summed E-state index contributed by atoms with van der Waals surface area (Å²) >= 11 is 0. The van der Waals surface area contributed by atoms with Crippen LogP contribution in [0.25, 0.3) is 0 Å². The molecule has 2 rings (SSSR count). The summed E-state index contributed by atoms with van der Waals surface area (Å²) in [6.07, 6.45) is -1.02. The fraction of sp³-hybridized carbons (Fsp3) is 0.385. The molecule has 0 atom stereocenters. The van der Waals surface area contributed by atoms with Gasteiger partial charge in [0.25, 0.3) is 0 Å². The Morgan fingerprint density at radius 1 is 1.10 bits per heavy atom. The number of benzene rings is 1. The summed E-state index contributed by atoms with van der Waals surface area (Å²) in [5.41, 5.74) is -0.229. The molecule has 1 fully saturated rings. The Labute approximate surface area is 114 Å². The monoisotopic (exact) mass is 284 g/mol. The van der Waals surface area contributed by atoms with Crippen molar-refractivity contribution < 1.29 is 23.5 Å². The Morgan fingerprint density at radius 3 is 2.20 bits per heavy atom. The van der Waals surface area contributed by atoms with Crippen molar-refractivity contribution in [2.45, 2.75) is 6.92 Å². The molecule has 20 heavy (non-hydrogen) atoms. The number of hydrogen-bond donors (Lipinski definition) is 1. The average molecular weight is 284 g/mol. The van der Waals surface area contributed by atoms with E-state index in [0.29, 0.717) is 0 Å². The Bertz CT molecular complexity index is 555. The van der Waals surface area contributed by atoms with E-state index in [9.17, 15) is 18.4 Å². The van der Waals surface area contributed by atoms with E-state index in [0.717, 1.165) is 12.1 Å². The predicted molar refractivity (Wildman–Crippen MR) is 68.2 cm³/mol. The lowest BCUT2D eigenvalue weighted by Gasteiger charge is -2.34. The van der Waals surface area contributed by atoms with Crippen LogP contribution >= 0.6 is 0 Å². The lowest BCUT2D eigenvalue weighted by molar-refractivity contribution is 0.101. The third kappa shape index (κ3) is 2.71. The van der Waals surface area contributed by atoms with Crippen LogP contribution in [0.2, 0.25) is 0 Å². The van der Waals surface area contributed by atoms with E-state index in [1.54, 1.807) is 4.90 Å². The van der Waals surface area contributed by atoms with Crippen LogP contribution in [-0.4, -0.2) is 48.1 Å². The molecule has 0 radical (unpaired) electrons. The van der Waals surface area contributed by atoms with E-state index < -0.39 is 23.5 Å². The van der Waals surface area contributed by atoms with Gasteiger partial charge in [0.05, 0.1) is 11.3 Å². The number of hydrogen-bond acceptors (Lipinski definition) is 3. The predicted octanol–water partition coefficient (Wildman–Crippen LogP) is 1.97. The van der Waals surface area contributed by atoms with Gasteiger partial charge in [0, 0.05) is 32.2 Å². The first-order chi connectivity index (χ1) is 9.40. The molecule has 1 aliphatic heterocycles. The Hall–Kier alpha value is -2.18. The topological polar surface area (TPSA) is 60.9 Å². The van der Waals surface area contributed by atoms with Crippen molar-refractivity contribution in [3.63, 3.8) is 0 Å². The molecule has 1 amide bonds. The molecule has 5 nitrogen and oxygen atoms in total. The Morgan fingerprint density at radius 2 is 1.70 bits per heavy atom. The van der Waals surface area contributed by atoms with Gasteiger partial charge in [-0.25, -0.2) is 13.6 Å². The van der Waals surface area contributed by atoms with Crippen molar-refractivity contribution in [3.8, 4) is 0 Å². The fourth-order valence-electron chi connectivity index (χ4n) is 2.19. The number of halogens is 2. The quantitative estimate of drug-likeness (QED) is 0.843. The van der Waals surface area contributed by atoms with Crippen molar-refractivity contribution in [1.82, 2.24) is 4.90 Å². The number of anilines is 1. The van der Waals surface area contributed by atoms with Gasteiger partial charge in [0.1, 0.15) is 11.6 Å². The number of carboxylic acid groups (broad SMARTS) is 1. The van der Waals surface area contributed by atoms with Gasteiger partial charge in [-0.2, -0.15) is 0 Å². The zero-order valence-electron chi connectivity index (χ0n) is 10.9. The number of amides is 1. The maximum atomic E-state index is 13.9. The summed E-state index contributed by atoms with van der Waals surface area (Å²) in [7, 11) is 0. The number of piperazine rings is 1. The Balaban J connectivity index is 2.20. The molecule has 7 heteroatoms. The molecule has 0 saturated carbocycles. The minimum absolute atomic E-state index is 0.0533. The summed E-state index contributed by atoms with van der Waals surface area (Å²) in [5.74, 6) is -1.99. The van der Waals surface area contributed by atoms with Gasteiger partial charge in [-0.05, 0) is 13.0 Å². The first-order valence-electron chi connectivity index (χ1n) is 6.13. The van der Waals surface area contributed by atoms with Gasteiger partial charge in [0.15, 0.2) is 5.78 Å². The molecule has 1 N–H and O–H groups in total. The van der Waals surface area contributed by atoms with Crippen molar-refractivity contribution in [3.05, 3.63) is 29.3 Å². The highest BCUT2D eigenvalue weighted by Gasteiger charge is 2.23. The van der Waals surface area contributed by atoms with Crippen LogP contribution in [0.4, 0.5) is 19.3 Å². The van der Waals surface area contributed by atoms with Crippen LogP contribution in [-0.2, 0) is 0 Å². The minimum Gasteiger partial charge on any atom is -0.465 e. The van der Waals surface area contributed by atoms with E-state index in [4.69, 9.17) is 5.11 Å². The molecule has 0 unspecified atom stereocenters. The summed E-state index contributed by atoms with van der Waals surface area (Å²) in [6.45, 7) is 2.18. The molecule has 108 valence electrons. The maximum absolute atomic E-state index is 13.9. The summed E-state index contributed by atoms with van der Waals surface area (Å²) in [5, 5.41) is 8.83. The molecule has 1 heterocycles. The molecule has 1 saturated heterocycles. The average Bonchev–Trinajstić information content (AvgIpc) is 2.40. The van der Waals surface area contributed by atoms with E-state index >= 15 is 0 Å². The molecule has 0 bridgehead atoms. The van der Waals surface area contributed by atoms with Crippen LogP contribution in [0.5, 0.6) is 0 Å². The van der Waals surface area contributed by atoms with E-state index in [1.807, 2.05) is 0 Å². The second-order valence-corrected chi connectivity index (χ2v) is 4.60. The molecule has 0 spiro atoms. The van der Waals surface area contributed by atoms with Crippen molar-refractivity contribution in [2.24, 2.45) is 0 Å². The second-order valence-electron chi connectivity index (χ2n) is 4.60. The van der Waals surface area contributed by atoms with Gasteiger partial charge in [-0.3, -0.25) is 4.79 Å². The van der Waals surface area contributed by atoms with Gasteiger partial charge in [-0.15, -0.1) is 0 Å². The number of Topliss-reactive ketones (excluding diaryl/α,β-unsaturated/α-hetero) is 1. The normalized spacial score (nSPS) is 15.3. The standard InChI is InChI=1S/C13H14F2N2O3/c1-8(18)9-6-11(15)12(7-10(9)14)16-2-4-17(5-3-16)13(19)20/h6-7H,2-5H2,1H3,(H,19,20). The number of carbonyl (C=O) groups excluding carboxylic acids is 1. The largest absolute Gasteiger partial charge is 0.465 e. The molecule has 0 aliphatic carbocycles. The number of nitrogens with zero attached hydrogens (tertiary/aromatic N) is 2. The van der Waals surface area contributed by atoms with Gasteiger partial charge in [-0.1, -0.05) is 0 Å². The maximum Gasteiger partial charge on any atom is 0.407 e. The third-order valence-corrected chi connectivity index (χ3v) is 3.31. The van der Waals surface area contributed by atoms with Crippen LogP contribution in [0, 0.1) is 11.6 Å². The lowest BCUT2D eigenvalue weighted by Crippen LogP contribution is -2.48. The minimum atomic E-state index is -1.02. The van der Waals surface area contributed by atoms with Gasteiger partial charge < -0.3 is 14.9 Å². The smallest absolute Gasteiger partial charge is 0.407 e. The Kier molecular flexibility index (Phi) is 3.87. The summed E-state index contributed by atoms with van der Waals surface area (Å²) in [6, 6.07) is 1.87. The van der Waals surface area contributed by atoms with E-state index in [2.05, 4.69) is 0 Å². The van der Waals surface area contributed by atoms with Gasteiger partial charge >= 0.3 is 6.09 Å². The molecule has 0 aromatic heterocycles. The van der Waals surface area contributed by atoms with E-state index in [-0.39, 0.29) is 37.4 Å². The van der Waals surface area contributed by atoms with Gasteiger partial charge in [0.2, 0.25) is 0 Å². The first-order valence-corrected chi connectivity index (χ1v) is 6.13. The fourth-order valence-corrected chi connectivity index (χ4v) is 2.19. The van der Waals surface area contributed by atoms with Crippen LogP contribution < -0.4 is 4.90 Å². The van der Waals surface area contributed by atoms with E-state index in [1.165, 1.54) is 11.8 Å². The SMILES string of the molecule is CC(=O)c1cc(F)c(N2CCN(C(=O)O)CC2)cc1F. The van der Waals surface area contributed by atoms with Crippen LogP contribution in [0.15, 0.2) is 12.1 Å². The molecule has 1 aromatic carbocycles. The molecular formula is C13H14F2N2O3. The summed E-state index contributed by atoms with van der Waals surface area (Å²) < 4.78 is 27.7. The second kappa shape index (κ2) is 5.44.